The molecule has 0 radical (unpaired) electrons. The summed E-state index contributed by atoms with van der Waals surface area (Å²) < 4.78 is 0. The summed E-state index contributed by atoms with van der Waals surface area (Å²) in [5.74, 6) is 6.39. The lowest BCUT2D eigenvalue weighted by molar-refractivity contribution is 0.271. The Morgan fingerprint density at radius 1 is 1.39 bits per heavy atom. The lowest BCUT2D eigenvalue weighted by atomic mass is 9.82. The molecule has 0 aliphatic rings. The number of rotatable bonds is 7. The first kappa shape index (κ1) is 15.7. The molecule has 0 bridgehead atoms. The molecule has 0 saturated carbocycles. The zero-order valence-electron chi connectivity index (χ0n) is 12.2. The molecular formula is C15H28N2S. The van der Waals surface area contributed by atoms with E-state index in [-0.39, 0.29) is 0 Å². The Morgan fingerprint density at radius 2 is 2.11 bits per heavy atom. The fraction of sp³-hybridized carbons (Fsp3) is 0.733. The minimum atomic E-state index is 0.409. The van der Waals surface area contributed by atoms with Crippen LogP contribution in [0.15, 0.2) is 17.5 Å². The Hall–Kier alpha value is -0.380. The topological polar surface area (TPSA) is 38.0 Å². The van der Waals surface area contributed by atoms with Crippen molar-refractivity contribution in [3.8, 4) is 0 Å². The molecule has 3 N–H and O–H groups in total. The highest BCUT2D eigenvalue weighted by Gasteiger charge is 2.18. The second-order valence-electron chi connectivity index (χ2n) is 6.59. The van der Waals surface area contributed by atoms with E-state index in [0.29, 0.717) is 11.5 Å². The first-order valence-corrected chi connectivity index (χ1v) is 7.77. The average molecular weight is 268 g/mol. The van der Waals surface area contributed by atoms with Crippen molar-refractivity contribution in [2.75, 3.05) is 0 Å². The molecule has 2 nitrogen and oxygen atoms in total. The zero-order chi connectivity index (χ0) is 13.6. The molecular weight excluding hydrogens is 240 g/mol. The van der Waals surface area contributed by atoms with Crippen LogP contribution in [0, 0.1) is 11.3 Å². The Balaban J connectivity index is 2.32. The van der Waals surface area contributed by atoms with Gasteiger partial charge in [-0.2, -0.15) is 0 Å². The molecule has 0 fully saturated rings. The van der Waals surface area contributed by atoms with Crippen molar-refractivity contribution < 1.29 is 0 Å². The number of nitrogens with one attached hydrogen (secondary N) is 1. The van der Waals surface area contributed by atoms with E-state index in [4.69, 9.17) is 5.84 Å². The van der Waals surface area contributed by atoms with Crippen molar-refractivity contribution in [2.45, 2.75) is 59.4 Å². The van der Waals surface area contributed by atoms with Gasteiger partial charge in [0.2, 0.25) is 0 Å². The van der Waals surface area contributed by atoms with Gasteiger partial charge in [0.1, 0.15) is 0 Å². The molecule has 0 aliphatic heterocycles. The fourth-order valence-electron chi connectivity index (χ4n) is 2.65. The number of thiophene rings is 1. The summed E-state index contributed by atoms with van der Waals surface area (Å²) in [5, 5.41) is 2.14. The zero-order valence-corrected chi connectivity index (χ0v) is 13.0. The fourth-order valence-corrected chi connectivity index (χ4v) is 3.38. The average Bonchev–Trinajstić information content (AvgIpc) is 2.74. The molecule has 1 aromatic heterocycles. The number of hydrogen-bond donors (Lipinski definition) is 2. The van der Waals surface area contributed by atoms with E-state index in [9.17, 15) is 0 Å². The summed E-state index contributed by atoms with van der Waals surface area (Å²) in [7, 11) is 0. The Kier molecular flexibility index (Phi) is 6.33. The molecule has 2 unspecified atom stereocenters. The third-order valence-corrected chi connectivity index (χ3v) is 4.14. The van der Waals surface area contributed by atoms with Gasteiger partial charge >= 0.3 is 0 Å². The summed E-state index contributed by atoms with van der Waals surface area (Å²) in [6, 6.07) is 4.76. The van der Waals surface area contributed by atoms with Gasteiger partial charge in [0.05, 0.1) is 0 Å². The van der Waals surface area contributed by atoms with Crippen molar-refractivity contribution in [2.24, 2.45) is 17.2 Å². The van der Waals surface area contributed by atoms with Gasteiger partial charge in [-0.1, -0.05) is 33.8 Å². The van der Waals surface area contributed by atoms with Crippen LogP contribution in [0.5, 0.6) is 0 Å². The SMILES string of the molecule is CC(CC(CCc1cccs1)NN)CC(C)(C)C. The summed E-state index contributed by atoms with van der Waals surface area (Å²) in [4.78, 5) is 1.46. The van der Waals surface area contributed by atoms with Gasteiger partial charge in [0, 0.05) is 10.9 Å². The molecule has 0 aromatic carbocycles. The van der Waals surface area contributed by atoms with Gasteiger partial charge < -0.3 is 0 Å². The third kappa shape index (κ3) is 6.53. The molecule has 0 spiro atoms. The predicted molar refractivity (Wildman–Crippen MR) is 81.6 cm³/mol. The third-order valence-electron chi connectivity index (χ3n) is 3.20. The van der Waals surface area contributed by atoms with Gasteiger partial charge in [-0.15, -0.1) is 11.3 Å². The largest absolute Gasteiger partial charge is 0.271 e. The van der Waals surface area contributed by atoms with Crippen LogP contribution in [0.4, 0.5) is 0 Å². The van der Waals surface area contributed by atoms with Gasteiger partial charge in [0.15, 0.2) is 0 Å². The normalized spacial score (nSPS) is 15.6. The predicted octanol–water partition coefficient (Wildman–Crippen LogP) is 3.98. The standard InChI is InChI=1S/C15H28N2S/c1-12(11-15(2,3)4)10-13(17-16)7-8-14-6-5-9-18-14/h5-6,9,12-13,17H,7-8,10-11,16H2,1-4H3. The highest BCUT2D eigenvalue weighted by atomic mass is 32.1. The summed E-state index contributed by atoms with van der Waals surface area (Å²) in [5.41, 5.74) is 3.39. The molecule has 0 amide bonds. The Morgan fingerprint density at radius 3 is 2.61 bits per heavy atom. The Labute approximate surface area is 116 Å². The van der Waals surface area contributed by atoms with E-state index in [0.717, 1.165) is 18.8 Å². The second kappa shape index (κ2) is 7.27. The van der Waals surface area contributed by atoms with E-state index in [2.05, 4.69) is 50.6 Å². The minimum absolute atomic E-state index is 0.409. The van der Waals surface area contributed by atoms with Crippen molar-refractivity contribution in [3.63, 3.8) is 0 Å². The van der Waals surface area contributed by atoms with Crippen LogP contribution in [-0.2, 0) is 6.42 Å². The van der Waals surface area contributed by atoms with Crippen molar-refractivity contribution in [1.82, 2.24) is 5.43 Å². The number of aryl methyl sites for hydroxylation is 1. The van der Waals surface area contributed by atoms with Gasteiger partial charge in [-0.3, -0.25) is 11.3 Å². The van der Waals surface area contributed by atoms with E-state index < -0.39 is 0 Å². The minimum Gasteiger partial charge on any atom is -0.271 e. The summed E-state index contributed by atoms with van der Waals surface area (Å²) >= 11 is 1.84. The van der Waals surface area contributed by atoms with Crippen LogP contribution >= 0.6 is 11.3 Å². The highest BCUT2D eigenvalue weighted by Crippen LogP contribution is 2.27. The van der Waals surface area contributed by atoms with Gasteiger partial charge in [-0.25, -0.2) is 0 Å². The van der Waals surface area contributed by atoms with Crippen LogP contribution < -0.4 is 11.3 Å². The molecule has 1 heterocycles. The van der Waals surface area contributed by atoms with Crippen LogP contribution in [0.3, 0.4) is 0 Å². The summed E-state index contributed by atoms with van der Waals surface area (Å²) in [6.07, 6.45) is 4.68. The van der Waals surface area contributed by atoms with Crippen LogP contribution in [0.1, 0.15) is 51.8 Å². The smallest absolute Gasteiger partial charge is 0.0216 e. The molecule has 3 heteroatoms. The molecule has 1 aromatic rings. The van der Waals surface area contributed by atoms with Crippen LogP contribution in [0.25, 0.3) is 0 Å². The quantitative estimate of drug-likeness (QED) is 0.580. The number of hydrogen-bond acceptors (Lipinski definition) is 3. The maximum atomic E-state index is 5.68. The van der Waals surface area contributed by atoms with E-state index in [1.54, 1.807) is 0 Å². The molecule has 104 valence electrons. The van der Waals surface area contributed by atoms with Crippen molar-refractivity contribution in [3.05, 3.63) is 22.4 Å². The lowest BCUT2D eigenvalue weighted by Gasteiger charge is -2.26. The monoisotopic (exact) mass is 268 g/mol. The summed E-state index contributed by atoms with van der Waals surface area (Å²) in [6.45, 7) is 9.25. The van der Waals surface area contributed by atoms with E-state index >= 15 is 0 Å². The molecule has 18 heavy (non-hydrogen) atoms. The molecule has 2 atom stereocenters. The molecule has 0 aliphatic carbocycles. The van der Waals surface area contributed by atoms with Crippen molar-refractivity contribution >= 4 is 11.3 Å². The van der Waals surface area contributed by atoms with E-state index in [1.807, 2.05) is 11.3 Å². The highest BCUT2D eigenvalue weighted by molar-refractivity contribution is 7.09. The van der Waals surface area contributed by atoms with Crippen LogP contribution in [-0.4, -0.2) is 6.04 Å². The molecule has 1 rings (SSSR count). The Bertz CT molecular complexity index is 314. The second-order valence-corrected chi connectivity index (χ2v) is 7.62. The van der Waals surface area contributed by atoms with E-state index in [1.165, 1.54) is 17.7 Å². The van der Waals surface area contributed by atoms with Gasteiger partial charge in [-0.05, 0) is 48.5 Å². The van der Waals surface area contributed by atoms with Crippen LogP contribution in [0.2, 0.25) is 0 Å². The molecule has 0 saturated heterocycles. The van der Waals surface area contributed by atoms with Crippen molar-refractivity contribution in [1.29, 1.82) is 0 Å². The number of hydrazine groups is 1. The van der Waals surface area contributed by atoms with Gasteiger partial charge in [0.25, 0.3) is 0 Å². The lowest BCUT2D eigenvalue weighted by Crippen LogP contribution is -2.37. The maximum absolute atomic E-state index is 5.68. The first-order valence-electron chi connectivity index (χ1n) is 6.89. The number of nitrogens with two attached hydrogens (primary N) is 1. The maximum Gasteiger partial charge on any atom is 0.0216 e. The first-order chi connectivity index (χ1) is 8.40.